The molecular weight excluding hydrogens is 344 g/mol. The minimum Gasteiger partial charge on any atom is -0.355 e. The molecule has 1 aromatic rings. The number of pyridine rings is 1. The zero-order valence-corrected chi connectivity index (χ0v) is 12.6. The van der Waals surface area contributed by atoms with E-state index < -0.39 is 11.7 Å². The summed E-state index contributed by atoms with van der Waals surface area (Å²) < 4.78 is 37.6. The summed E-state index contributed by atoms with van der Waals surface area (Å²) in [4.78, 5) is 6.25. The third kappa shape index (κ3) is 3.34. The predicted octanol–water partition coefficient (Wildman–Crippen LogP) is 4.36. The van der Waals surface area contributed by atoms with Crippen LogP contribution < -0.4 is 4.90 Å². The van der Waals surface area contributed by atoms with Crippen molar-refractivity contribution < 1.29 is 13.2 Å². The highest BCUT2D eigenvalue weighted by Gasteiger charge is 2.32. The lowest BCUT2D eigenvalue weighted by atomic mass is 10.00. The minimum atomic E-state index is -4.41. The number of piperidine rings is 1. The standard InChI is InChI=1S/C12H13BrClF3N2/c1-7-6-19(3-2-9(7)13)11-10(14)4-8(5-18-11)12(15,16)17/h4-5,7,9H,2-3,6H2,1H3. The van der Waals surface area contributed by atoms with Gasteiger partial charge in [0.05, 0.1) is 10.6 Å². The zero-order chi connectivity index (χ0) is 14.2. The van der Waals surface area contributed by atoms with Gasteiger partial charge in [-0.05, 0) is 18.4 Å². The first kappa shape index (κ1) is 14.9. The van der Waals surface area contributed by atoms with E-state index in [1.807, 2.05) is 4.90 Å². The molecule has 19 heavy (non-hydrogen) atoms. The lowest BCUT2D eigenvalue weighted by Gasteiger charge is -2.35. The highest BCUT2D eigenvalue weighted by Crippen LogP contribution is 2.35. The summed E-state index contributed by atoms with van der Waals surface area (Å²) in [5.41, 5.74) is -0.815. The molecule has 2 nitrogen and oxygen atoms in total. The van der Waals surface area contributed by atoms with E-state index >= 15 is 0 Å². The fourth-order valence-electron chi connectivity index (χ4n) is 2.13. The van der Waals surface area contributed by atoms with E-state index in [1.165, 1.54) is 0 Å². The van der Waals surface area contributed by atoms with E-state index in [1.54, 1.807) is 0 Å². The molecule has 0 saturated carbocycles. The molecule has 0 N–H and O–H groups in total. The average Bonchev–Trinajstić information content (AvgIpc) is 2.31. The Morgan fingerprint density at radius 3 is 2.68 bits per heavy atom. The summed E-state index contributed by atoms with van der Waals surface area (Å²) in [6, 6.07) is 0.939. The first-order valence-corrected chi connectivity index (χ1v) is 7.20. The van der Waals surface area contributed by atoms with Gasteiger partial charge in [-0.3, -0.25) is 0 Å². The minimum absolute atomic E-state index is 0.0510. The Kier molecular flexibility index (Phi) is 4.30. The third-order valence-electron chi connectivity index (χ3n) is 3.25. The van der Waals surface area contributed by atoms with Gasteiger partial charge in [-0.2, -0.15) is 13.2 Å². The van der Waals surface area contributed by atoms with Crippen LogP contribution in [-0.2, 0) is 6.18 Å². The maximum atomic E-state index is 12.5. The molecule has 1 aliphatic rings. The molecule has 0 bridgehead atoms. The third-order valence-corrected chi connectivity index (χ3v) is 4.89. The molecule has 7 heteroatoms. The van der Waals surface area contributed by atoms with Gasteiger partial charge >= 0.3 is 6.18 Å². The number of anilines is 1. The predicted molar refractivity (Wildman–Crippen MR) is 73.0 cm³/mol. The van der Waals surface area contributed by atoms with Crippen LogP contribution in [0.2, 0.25) is 5.02 Å². The Morgan fingerprint density at radius 1 is 1.47 bits per heavy atom. The molecule has 0 aromatic carbocycles. The smallest absolute Gasteiger partial charge is 0.355 e. The van der Waals surface area contributed by atoms with Crippen molar-refractivity contribution in [3.8, 4) is 0 Å². The number of aromatic nitrogens is 1. The van der Waals surface area contributed by atoms with Gasteiger partial charge in [0.1, 0.15) is 5.82 Å². The van der Waals surface area contributed by atoms with Crippen LogP contribution in [-0.4, -0.2) is 22.9 Å². The fourth-order valence-corrected chi connectivity index (χ4v) is 2.79. The van der Waals surface area contributed by atoms with Gasteiger partial charge < -0.3 is 4.90 Å². The molecule has 1 aliphatic heterocycles. The Balaban J connectivity index is 2.22. The zero-order valence-electron chi connectivity index (χ0n) is 10.2. The molecule has 1 aromatic heterocycles. The highest BCUT2D eigenvalue weighted by molar-refractivity contribution is 9.09. The Bertz CT molecular complexity index is 467. The van der Waals surface area contributed by atoms with Gasteiger partial charge in [0.2, 0.25) is 0 Å². The Morgan fingerprint density at radius 2 is 2.16 bits per heavy atom. The highest BCUT2D eigenvalue weighted by atomic mass is 79.9. The van der Waals surface area contributed by atoms with Crippen LogP contribution in [0.1, 0.15) is 18.9 Å². The van der Waals surface area contributed by atoms with Gasteiger partial charge in [-0.1, -0.05) is 34.5 Å². The molecule has 0 aliphatic carbocycles. The molecule has 2 atom stereocenters. The molecule has 0 amide bonds. The fraction of sp³-hybridized carbons (Fsp3) is 0.583. The lowest BCUT2D eigenvalue weighted by Crippen LogP contribution is -2.40. The second-order valence-corrected chi connectivity index (χ2v) is 6.34. The van der Waals surface area contributed by atoms with Gasteiger partial charge in [0.15, 0.2) is 0 Å². The molecular formula is C12H13BrClF3N2. The summed E-state index contributed by atoms with van der Waals surface area (Å²) in [6.45, 7) is 3.55. The topological polar surface area (TPSA) is 16.1 Å². The van der Waals surface area contributed by atoms with Crippen molar-refractivity contribution >= 4 is 33.3 Å². The van der Waals surface area contributed by atoms with E-state index in [4.69, 9.17) is 11.6 Å². The maximum absolute atomic E-state index is 12.5. The van der Waals surface area contributed by atoms with Crippen LogP contribution in [0.4, 0.5) is 19.0 Å². The summed E-state index contributed by atoms with van der Waals surface area (Å²) >= 11 is 9.52. The number of hydrogen-bond acceptors (Lipinski definition) is 2. The number of rotatable bonds is 1. The van der Waals surface area contributed by atoms with E-state index in [2.05, 4.69) is 27.8 Å². The molecule has 2 heterocycles. The molecule has 0 radical (unpaired) electrons. The Hall–Kier alpha value is -0.490. The molecule has 2 rings (SSSR count). The van der Waals surface area contributed by atoms with Crippen molar-refractivity contribution in [3.63, 3.8) is 0 Å². The number of hydrogen-bond donors (Lipinski definition) is 0. The van der Waals surface area contributed by atoms with Crippen molar-refractivity contribution in [1.82, 2.24) is 4.98 Å². The van der Waals surface area contributed by atoms with Gasteiger partial charge in [-0.25, -0.2) is 4.98 Å². The number of halogens is 5. The first-order valence-electron chi connectivity index (χ1n) is 5.91. The largest absolute Gasteiger partial charge is 0.417 e. The van der Waals surface area contributed by atoms with Crippen LogP contribution in [0, 0.1) is 5.92 Å². The summed E-state index contributed by atoms with van der Waals surface area (Å²) in [6.07, 6.45) is -2.66. The van der Waals surface area contributed by atoms with Crippen LogP contribution in [0.5, 0.6) is 0 Å². The van der Waals surface area contributed by atoms with E-state index in [-0.39, 0.29) is 5.02 Å². The van der Waals surface area contributed by atoms with Gasteiger partial charge in [0, 0.05) is 24.1 Å². The van der Waals surface area contributed by atoms with Crippen LogP contribution in [0.15, 0.2) is 12.3 Å². The lowest BCUT2D eigenvalue weighted by molar-refractivity contribution is -0.137. The summed E-state index contributed by atoms with van der Waals surface area (Å²) in [5.74, 6) is 0.829. The van der Waals surface area contributed by atoms with E-state index in [9.17, 15) is 13.2 Å². The molecule has 1 fully saturated rings. The van der Waals surface area contributed by atoms with Crippen molar-refractivity contribution in [1.29, 1.82) is 0 Å². The Labute approximate surface area is 123 Å². The van der Waals surface area contributed by atoms with E-state index in [0.29, 0.717) is 16.6 Å². The van der Waals surface area contributed by atoms with E-state index in [0.717, 1.165) is 31.8 Å². The normalized spacial score (nSPS) is 24.6. The maximum Gasteiger partial charge on any atom is 0.417 e. The second kappa shape index (κ2) is 5.48. The molecule has 2 unspecified atom stereocenters. The van der Waals surface area contributed by atoms with Gasteiger partial charge in [-0.15, -0.1) is 0 Å². The molecule has 106 valence electrons. The molecule has 0 spiro atoms. The van der Waals surface area contributed by atoms with Gasteiger partial charge in [0.25, 0.3) is 0 Å². The number of alkyl halides is 4. The van der Waals surface area contributed by atoms with Crippen molar-refractivity contribution in [3.05, 3.63) is 22.8 Å². The van der Waals surface area contributed by atoms with Crippen molar-refractivity contribution in [2.75, 3.05) is 18.0 Å². The number of nitrogens with zero attached hydrogens (tertiary/aromatic N) is 2. The summed E-state index contributed by atoms with van der Waals surface area (Å²) in [5, 5.41) is 0.0510. The SMILES string of the molecule is CC1CN(c2ncc(C(F)(F)F)cc2Cl)CCC1Br. The molecule has 1 saturated heterocycles. The van der Waals surface area contributed by atoms with Crippen molar-refractivity contribution in [2.45, 2.75) is 24.3 Å². The van der Waals surface area contributed by atoms with Crippen LogP contribution in [0.3, 0.4) is 0 Å². The first-order chi connectivity index (χ1) is 8.79. The summed E-state index contributed by atoms with van der Waals surface area (Å²) in [7, 11) is 0. The van der Waals surface area contributed by atoms with Crippen molar-refractivity contribution in [2.24, 2.45) is 5.92 Å². The average molecular weight is 358 g/mol. The van der Waals surface area contributed by atoms with Crippen LogP contribution in [0.25, 0.3) is 0 Å². The monoisotopic (exact) mass is 356 g/mol. The van der Waals surface area contributed by atoms with Crippen LogP contribution >= 0.6 is 27.5 Å². The quantitative estimate of drug-likeness (QED) is 0.694. The second-order valence-electron chi connectivity index (χ2n) is 4.76.